The number of benzene rings is 1. The second-order valence-corrected chi connectivity index (χ2v) is 6.52. The summed E-state index contributed by atoms with van der Waals surface area (Å²) in [7, 11) is -3.96. The SMILES string of the molecule is N#CCCN(C1CC1)S(=O)(=O)c1ccc([N+](=O)[O-])c(F)c1. The minimum Gasteiger partial charge on any atom is -0.258 e. The zero-order valence-electron chi connectivity index (χ0n) is 10.9. The average molecular weight is 313 g/mol. The second kappa shape index (κ2) is 5.75. The zero-order valence-corrected chi connectivity index (χ0v) is 11.7. The van der Waals surface area contributed by atoms with Crippen LogP contribution >= 0.6 is 0 Å². The van der Waals surface area contributed by atoms with Crippen molar-refractivity contribution in [2.75, 3.05) is 6.54 Å². The molecule has 0 heterocycles. The summed E-state index contributed by atoms with van der Waals surface area (Å²) < 4.78 is 39.6. The first kappa shape index (κ1) is 15.3. The lowest BCUT2D eigenvalue weighted by Crippen LogP contribution is -2.34. The summed E-state index contributed by atoms with van der Waals surface area (Å²) in [6.07, 6.45) is 1.42. The normalized spacial score (nSPS) is 14.9. The molecule has 0 aromatic heterocycles. The molecule has 1 aliphatic rings. The molecule has 0 bridgehead atoms. The topological polar surface area (TPSA) is 104 Å². The van der Waals surface area contributed by atoms with Gasteiger partial charge >= 0.3 is 5.69 Å². The fraction of sp³-hybridized carbons (Fsp3) is 0.417. The van der Waals surface area contributed by atoms with Crippen molar-refractivity contribution in [3.05, 3.63) is 34.1 Å². The van der Waals surface area contributed by atoms with Gasteiger partial charge in [-0.05, 0) is 18.9 Å². The van der Waals surface area contributed by atoms with Gasteiger partial charge in [-0.1, -0.05) is 0 Å². The number of nitrogens with zero attached hydrogens (tertiary/aromatic N) is 3. The summed E-state index contributed by atoms with van der Waals surface area (Å²) in [6, 6.07) is 4.18. The van der Waals surface area contributed by atoms with Gasteiger partial charge in [-0.25, -0.2) is 8.42 Å². The van der Waals surface area contributed by atoms with Crippen LogP contribution in [0, 0.1) is 27.3 Å². The molecule has 1 fully saturated rings. The van der Waals surface area contributed by atoms with Crippen LogP contribution in [0.1, 0.15) is 19.3 Å². The minimum absolute atomic E-state index is 0.0299. The molecule has 2 rings (SSSR count). The minimum atomic E-state index is -3.96. The average Bonchev–Trinajstić information content (AvgIpc) is 3.23. The smallest absolute Gasteiger partial charge is 0.258 e. The molecule has 1 aromatic rings. The van der Waals surface area contributed by atoms with Crippen LogP contribution in [-0.2, 0) is 10.0 Å². The molecule has 9 heteroatoms. The van der Waals surface area contributed by atoms with Crippen LogP contribution in [0.4, 0.5) is 10.1 Å². The largest absolute Gasteiger partial charge is 0.304 e. The Kier molecular flexibility index (Phi) is 4.20. The third kappa shape index (κ3) is 3.17. The van der Waals surface area contributed by atoms with Crippen LogP contribution in [0.3, 0.4) is 0 Å². The van der Waals surface area contributed by atoms with E-state index in [1.807, 2.05) is 6.07 Å². The summed E-state index contributed by atoms with van der Waals surface area (Å²) in [5.74, 6) is -1.20. The highest BCUT2D eigenvalue weighted by atomic mass is 32.2. The van der Waals surface area contributed by atoms with E-state index >= 15 is 0 Å². The monoisotopic (exact) mass is 313 g/mol. The van der Waals surface area contributed by atoms with E-state index < -0.39 is 26.5 Å². The predicted molar refractivity (Wildman–Crippen MR) is 70.2 cm³/mol. The molecule has 0 N–H and O–H groups in total. The van der Waals surface area contributed by atoms with Crippen LogP contribution < -0.4 is 0 Å². The molecule has 0 spiro atoms. The van der Waals surface area contributed by atoms with Gasteiger partial charge in [-0.2, -0.15) is 14.0 Å². The van der Waals surface area contributed by atoms with E-state index in [4.69, 9.17) is 5.26 Å². The Balaban J connectivity index is 2.36. The molecule has 1 saturated carbocycles. The molecule has 1 aliphatic carbocycles. The van der Waals surface area contributed by atoms with Crippen molar-refractivity contribution in [3.8, 4) is 6.07 Å². The van der Waals surface area contributed by atoms with Gasteiger partial charge in [0, 0.05) is 31.1 Å². The molecule has 7 nitrogen and oxygen atoms in total. The first-order valence-corrected chi connectivity index (χ1v) is 7.64. The third-order valence-corrected chi connectivity index (χ3v) is 5.07. The molecule has 0 saturated heterocycles. The Labute approximate surface area is 120 Å². The summed E-state index contributed by atoms with van der Waals surface area (Å²) in [4.78, 5) is 9.29. The summed E-state index contributed by atoms with van der Waals surface area (Å²) >= 11 is 0. The molecular formula is C12H12FN3O4S. The van der Waals surface area contributed by atoms with Crippen molar-refractivity contribution in [2.24, 2.45) is 0 Å². The molecule has 0 radical (unpaired) electrons. The number of nitro groups is 1. The van der Waals surface area contributed by atoms with E-state index in [0.717, 1.165) is 16.4 Å². The molecule has 1 aromatic carbocycles. The second-order valence-electron chi connectivity index (χ2n) is 4.63. The van der Waals surface area contributed by atoms with Gasteiger partial charge in [0.05, 0.1) is 15.9 Å². The Hall–Kier alpha value is -2.05. The fourth-order valence-electron chi connectivity index (χ4n) is 1.95. The van der Waals surface area contributed by atoms with Crippen molar-refractivity contribution in [1.82, 2.24) is 4.31 Å². The number of hydrogen-bond donors (Lipinski definition) is 0. The van der Waals surface area contributed by atoms with Crippen molar-refractivity contribution in [1.29, 1.82) is 5.26 Å². The van der Waals surface area contributed by atoms with Gasteiger partial charge in [-0.3, -0.25) is 10.1 Å². The molecule has 112 valence electrons. The first-order chi connectivity index (χ1) is 9.87. The van der Waals surface area contributed by atoms with Crippen molar-refractivity contribution in [2.45, 2.75) is 30.2 Å². The zero-order chi connectivity index (χ0) is 15.6. The number of hydrogen-bond acceptors (Lipinski definition) is 5. The quantitative estimate of drug-likeness (QED) is 0.588. The molecule has 0 amide bonds. The van der Waals surface area contributed by atoms with E-state index in [2.05, 4.69) is 0 Å². The van der Waals surface area contributed by atoms with E-state index in [1.165, 1.54) is 0 Å². The maximum Gasteiger partial charge on any atom is 0.304 e. The maximum absolute atomic E-state index is 13.6. The number of rotatable bonds is 6. The maximum atomic E-state index is 13.6. The van der Waals surface area contributed by atoms with E-state index in [-0.39, 0.29) is 23.9 Å². The van der Waals surface area contributed by atoms with E-state index in [0.29, 0.717) is 18.9 Å². The van der Waals surface area contributed by atoms with Gasteiger partial charge in [0.2, 0.25) is 15.8 Å². The van der Waals surface area contributed by atoms with Gasteiger partial charge in [-0.15, -0.1) is 0 Å². The summed E-state index contributed by atoms with van der Waals surface area (Å²) in [6.45, 7) is 0.0299. The highest BCUT2D eigenvalue weighted by molar-refractivity contribution is 7.89. The van der Waals surface area contributed by atoms with Crippen LogP contribution in [0.15, 0.2) is 23.1 Å². The van der Waals surface area contributed by atoms with E-state index in [9.17, 15) is 22.9 Å². The molecule has 0 unspecified atom stereocenters. The molecule has 21 heavy (non-hydrogen) atoms. The lowest BCUT2D eigenvalue weighted by molar-refractivity contribution is -0.387. The highest BCUT2D eigenvalue weighted by Crippen LogP contribution is 2.33. The van der Waals surface area contributed by atoms with Gasteiger partial charge in [0.25, 0.3) is 0 Å². The van der Waals surface area contributed by atoms with E-state index in [1.54, 1.807) is 0 Å². The predicted octanol–water partition coefficient (Wildman–Crippen LogP) is 1.80. The molecule has 0 aliphatic heterocycles. The fourth-order valence-corrected chi connectivity index (χ4v) is 3.65. The number of sulfonamides is 1. The summed E-state index contributed by atoms with van der Waals surface area (Å²) in [5.41, 5.74) is -0.774. The molecular weight excluding hydrogens is 301 g/mol. The Bertz CT molecular complexity index is 710. The number of halogens is 1. The van der Waals surface area contributed by atoms with Gasteiger partial charge < -0.3 is 0 Å². The highest BCUT2D eigenvalue weighted by Gasteiger charge is 2.38. The Morgan fingerprint density at radius 1 is 1.48 bits per heavy atom. The van der Waals surface area contributed by atoms with Crippen LogP contribution in [0.2, 0.25) is 0 Å². The Morgan fingerprint density at radius 2 is 2.14 bits per heavy atom. The van der Waals surface area contributed by atoms with Crippen LogP contribution in [0.5, 0.6) is 0 Å². The third-order valence-electron chi connectivity index (χ3n) is 3.12. The number of nitriles is 1. The summed E-state index contributed by atoms with van der Waals surface area (Å²) in [5, 5.41) is 19.1. The van der Waals surface area contributed by atoms with Crippen molar-refractivity contribution >= 4 is 15.7 Å². The number of nitro benzene ring substituents is 1. The van der Waals surface area contributed by atoms with Crippen molar-refractivity contribution in [3.63, 3.8) is 0 Å². The lowest BCUT2D eigenvalue weighted by atomic mass is 10.3. The van der Waals surface area contributed by atoms with Gasteiger partial charge in [0.15, 0.2) is 0 Å². The lowest BCUT2D eigenvalue weighted by Gasteiger charge is -2.20. The van der Waals surface area contributed by atoms with Crippen molar-refractivity contribution < 1.29 is 17.7 Å². The van der Waals surface area contributed by atoms with Crippen LogP contribution in [0.25, 0.3) is 0 Å². The molecule has 0 atom stereocenters. The first-order valence-electron chi connectivity index (χ1n) is 6.20. The van der Waals surface area contributed by atoms with Crippen LogP contribution in [-0.4, -0.2) is 30.2 Å². The van der Waals surface area contributed by atoms with Gasteiger partial charge in [0.1, 0.15) is 0 Å². The standard InChI is InChI=1S/C12H12FN3O4S/c13-11-8-10(4-5-12(11)16(17)18)21(19,20)15(7-1-6-14)9-2-3-9/h4-5,8-9H,1-3,7H2. The Morgan fingerprint density at radius 3 is 2.62 bits per heavy atom.